The molecule has 0 fully saturated rings. The van der Waals surface area contributed by atoms with Crippen LogP contribution in [-0.4, -0.2) is 11.4 Å². The van der Waals surface area contributed by atoms with Crippen molar-refractivity contribution < 1.29 is 9.47 Å². The molecule has 2 heteroatoms. The molecule has 0 heterocycles. The van der Waals surface area contributed by atoms with Gasteiger partial charge in [0.05, 0.1) is 5.60 Å². The predicted molar refractivity (Wildman–Crippen MR) is 85.9 cm³/mol. The maximum atomic E-state index is 6.11. The van der Waals surface area contributed by atoms with E-state index in [2.05, 4.69) is 34.3 Å². The van der Waals surface area contributed by atoms with Crippen molar-refractivity contribution >= 4 is 5.57 Å². The van der Waals surface area contributed by atoms with E-state index < -0.39 is 5.79 Å². The van der Waals surface area contributed by atoms with Gasteiger partial charge in [-0.3, -0.25) is 0 Å². The van der Waals surface area contributed by atoms with Crippen LogP contribution in [0.4, 0.5) is 0 Å². The number of allylic oxidation sites excluding steroid dienone is 1. The second kappa shape index (κ2) is 6.45. The van der Waals surface area contributed by atoms with E-state index in [1.54, 1.807) is 0 Å². The third-order valence-corrected chi connectivity index (χ3v) is 2.91. The molecule has 1 aromatic rings. The Bertz CT molecular complexity index is 439. The van der Waals surface area contributed by atoms with Crippen LogP contribution in [0.3, 0.4) is 0 Å². The smallest absolute Gasteiger partial charge is 0.208 e. The summed E-state index contributed by atoms with van der Waals surface area (Å²) in [6.45, 7) is 16.2. The molecule has 0 radical (unpaired) electrons. The summed E-state index contributed by atoms with van der Waals surface area (Å²) in [4.78, 5) is 0. The lowest BCUT2D eigenvalue weighted by atomic mass is 10.1. The van der Waals surface area contributed by atoms with Gasteiger partial charge in [0.15, 0.2) is 0 Å². The topological polar surface area (TPSA) is 18.5 Å². The Morgan fingerprint density at radius 2 is 1.65 bits per heavy atom. The van der Waals surface area contributed by atoms with Gasteiger partial charge in [-0.2, -0.15) is 0 Å². The molecule has 0 aromatic heterocycles. The van der Waals surface area contributed by atoms with E-state index in [1.165, 1.54) is 0 Å². The summed E-state index contributed by atoms with van der Waals surface area (Å²) < 4.78 is 12.2. The van der Waals surface area contributed by atoms with Crippen molar-refractivity contribution in [3.63, 3.8) is 0 Å². The van der Waals surface area contributed by atoms with Gasteiger partial charge >= 0.3 is 0 Å². The number of ether oxygens (including phenoxy) is 2. The summed E-state index contributed by atoms with van der Waals surface area (Å²) in [5.41, 5.74) is 1.95. The van der Waals surface area contributed by atoms with Crippen molar-refractivity contribution in [3.05, 3.63) is 36.4 Å². The molecule has 0 saturated carbocycles. The summed E-state index contributed by atoms with van der Waals surface area (Å²) in [7, 11) is 0. The zero-order chi connectivity index (χ0) is 15.4. The van der Waals surface area contributed by atoms with Crippen molar-refractivity contribution in [2.45, 2.75) is 65.8 Å². The van der Waals surface area contributed by atoms with Crippen molar-refractivity contribution in [2.75, 3.05) is 0 Å². The Kier molecular flexibility index (Phi) is 5.41. The highest BCUT2D eigenvalue weighted by atomic mass is 16.7. The minimum absolute atomic E-state index is 0.235. The molecular weight excluding hydrogens is 248 g/mol. The molecule has 20 heavy (non-hydrogen) atoms. The van der Waals surface area contributed by atoms with E-state index in [9.17, 15) is 0 Å². The molecule has 0 bridgehead atoms. The van der Waals surface area contributed by atoms with Crippen molar-refractivity contribution in [1.29, 1.82) is 0 Å². The molecule has 1 aromatic carbocycles. The van der Waals surface area contributed by atoms with E-state index in [-0.39, 0.29) is 5.60 Å². The second-order valence-corrected chi connectivity index (χ2v) is 6.51. The zero-order valence-electron chi connectivity index (χ0n) is 13.7. The molecule has 0 aliphatic rings. The molecule has 0 aliphatic carbocycles. The molecule has 0 spiro atoms. The number of hydrogen-bond acceptors (Lipinski definition) is 2. The fraction of sp³-hybridized carbons (Fsp3) is 0.556. The highest BCUT2D eigenvalue weighted by Gasteiger charge is 2.31. The van der Waals surface area contributed by atoms with Crippen LogP contribution in [-0.2, 0) is 4.74 Å². The van der Waals surface area contributed by atoms with Crippen molar-refractivity contribution in [2.24, 2.45) is 0 Å². The maximum Gasteiger partial charge on any atom is 0.208 e. The van der Waals surface area contributed by atoms with Crippen molar-refractivity contribution in [1.82, 2.24) is 0 Å². The third-order valence-electron chi connectivity index (χ3n) is 2.91. The van der Waals surface area contributed by atoms with Crippen LogP contribution < -0.4 is 4.74 Å². The first kappa shape index (κ1) is 16.8. The molecule has 112 valence electrons. The van der Waals surface area contributed by atoms with Gasteiger partial charge < -0.3 is 9.47 Å². The minimum Gasteiger partial charge on any atom is -0.463 e. The summed E-state index contributed by atoms with van der Waals surface area (Å²) in [6.07, 6.45) is 1.86. The summed E-state index contributed by atoms with van der Waals surface area (Å²) >= 11 is 0. The molecule has 0 N–H and O–H groups in total. The second-order valence-electron chi connectivity index (χ2n) is 6.51. The Hall–Kier alpha value is -1.28. The van der Waals surface area contributed by atoms with Crippen LogP contribution in [0.25, 0.3) is 5.57 Å². The van der Waals surface area contributed by atoms with Gasteiger partial charge in [-0.15, -0.1) is 0 Å². The minimum atomic E-state index is -0.599. The number of hydrogen-bond donors (Lipinski definition) is 0. The van der Waals surface area contributed by atoms with Gasteiger partial charge in [0.1, 0.15) is 5.75 Å². The van der Waals surface area contributed by atoms with Crippen LogP contribution in [0.15, 0.2) is 30.8 Å². The Labute approximate surface area is 123 Å². The molecular formula is C18H28O2. The lowest BCUT2D eigenvalue weighted by molar-refractivity contribution is -0.228. The Balaban J connectivity index is 2.87. The van der Waals surface area contributed by atoms with E-state index in [4.69, 9.17) is 9.47 Å². The quantitative estimate of drug-likeness (QED) is 0.645. The standard InChI is InChI=1S/C18H28O2/c1-8-13-18(7,20-17(4,5)6)19-16-11-9-15(10-12-16)14(2)3/h9-12H,2,8,13H2,1,3-7H3. The van der Waals surface area contributed by atoms with Gasteiger partial charge in [-0.1, -0.05) is 31.2 Å². The van der Waals surface area contributed by atoms with E-state index in [0.29, 0.717) is 0 Å². The Morgan fingerprint density at radius 3 is 2.05 bits per heavy atom. The average Bonchev–Trinajstić information content (AvgIpc) is 2.26. The molecule has 1 atom stereocenters. The number of benzene rings is 1. The monoisotopic (exact) mass is 276 g/mol. The molecule has 2 nitrogen and oxygen atoms in total. The summed E-state index contributed by atoms with van der Waals surface area (Å²) in [5.74, 6) is 0.229. The Morgan fingerprint density at radius 1 is 1.10 bits per heavy atom. The SMILES string of the molecule is C=C(C)c1ccc(OC(C)(CCC)OC(C)(C)C)cc1. The van der Waals surface area contributed by atoms with Gasteiger partial charge in [0.2, 0.25) is 5.79 Å². The van der Waals surface area contributed by atoms with Crippen LogP contribution in [0.1, 0.15) is 59.9 Å². The highest BCUT2D eigenvalue weighted by Crippen LogP contribution is 2.29. The fourth-order valence-electron chi connectivity index (χ4n) is 2.28. The third kappa shape index (κ3) is 5.38. The summed E-state index contributed by atoms with van der Waals surface area (Å²) in [6, 6.07) is 8.01. The van der Waals surface area contributed by atoms with Gasteiger partial charge in [0.25, 0.3) is 0 Å². The average molecular weight is 276 g/mol. The molecule has 1 rings (SSSR count). The zero-order valence-corrected chi connectivity index (χ0v) is 13.7. The predicted octanol–water partition coefficient (Wildman–Crippen LogP) is 5.43. The molecule has 0 amide bonds. The highest BCUT2D eigenvalue weighted by molar-refractivity contribution is 5.61. The van der Waals surface area contributed by atoms with Crippen LogP contribution in [0.2, 0.25) is 0 Å². The maximum absolute atomic E-state index is 6.11. The number of rotatable bonds is 6. The van der Waals surface area contributed by atoms with Gasteiger partial charge in [-0.25, -0.2) is 0 Å². The van der Waals surface area contributed by atoms with E-state index >= 15 is 0 Å². The molecule has 0 saturated heterocycles. The first-order valence-electron chi connectivity index (χ1n) is 7.30. The van der Waals surface area contributed by atoms with Crippen LogP contribution in [0, 0.1) is 0 Å². The lowest BCUT2D eigenvalue weighted by Crippen LogP contribution is -2.42. The first-order chi connectivity index (χ1) is 9.15. The summed E-state index contributed by atoms with van der Waals surface area (Å²) in [5, 5.41) is 0. The molecule has 0 aliphatic heterocycles. The normalized spacial score (nSPS) is 14.7. The van der Waals surface area contributed by atoms with E-state index in [0.717, 1.165) is 29.7 Å². The van der Waals surface area contributed by atoms with Crippen LogP contribution >= 0.6 is 0 Å². The lowest BCUT2D eigenvalue weighted by Gasteiger charge is -2.36. The largest absolute Gasteiger partial charge is 0.463 e. The van der Waals surface area contributed by atoms with Gasteiger partial charge in [-0.05, 0) is 51.8 Å². The fourth-order valence-corrected chi connectivity index (χ4v) is 2.28. The van der Waals surface area contributed by atoms with E-state index in [1.807, 2.05) is 38.1 Å². The van der Waals surface area contributed by atoms with Crippen molar-refractivity contribution in [3.8, 4) is 5.75 Å². The molecule has 1 unspecified atom stereocenters. The first-order valence-corrected chi connectivity index (χ1v) is 7.30. The van der Waals surface area contributed by atoms with Crippen LogP contribution in [0.5, 0.6) is 5.75 Å². The van der Waals surface area contributed by atoms with Gasteiger partial charge in [0, 0.05) is 13.3 Å².